The zero-order valence-electron chi connectivity index (χ0n) is 18.8. The first-order chi connectivity index (χ1) is 17.3. The summed E-state index contributed by atoms with van der Waals surface area (Å²) in [5, 5.41) is 2.63. The molecule has 0 aliphatic rings. The van der Waals surface area contributed by atoms with E-state index in [2.05, 4.69) is 121 Å². The first-order valence-electron chi connectivity index (χ1n) is 11.6. The Balaban J connectivity index is 1.13. The molecule has 0 radical (unpaired) electrons. The van der Waals surface area contributed by atoms with Crippen LogP contribution in [0.5, 0.6) is 0 Å². The Hall–Kier alpha value is -3.50. The van der Waals surface area contributed by atoms with Gasteiger partial charge < -0.3 is 0 Å². The van der Waals surface area contributed by atoms with Crippen molar-refractivity contribution in [3.63, 3.8) is 0 Å². The fraction of sp³-hybridized carbons (Fsp3) is 0. The third-order valence-corrected chi connectivity index (χ3v) is 9.88. The molecule has 3 heterocycles. The minimum absolute atomic E-state index is 1.27. The first kappa shape index (κ1) is 20.8. The van der Waals surface area contributed by atoms with Crippen LogP contribution in [-0.4, -0.2) is 0 Å². The molecule has 0 N–H and O–H groups in total. The van der Waals surface area contributed by atoms with E-state index in [1.54, 1.807) is 0 Å². The lowest BCUT2D eigenvalue weighted by Gasteiger charge is -2.02. The third kappa shape index (κ3) is 3.92. The number of fused-ring (bicyclic) bond motifs is 2. The Morgan fingerprint density at radius 1 is 0.314 bits per heavy atom. The van der Waals surface area contributed by atoms with Crippen LogP contribution in [0.25, 0.3) is 61.9 Å². The van der Waals surface area contributed by atoms with Gasteiger partial charge in [0, 0.05) is 28.9 Å². The molecule has 0 bridgehead atoms. The summed E-state index contributed by atoms with van der Waals surface area (Å²) >= 11 is 5.57. The maximum absolute atomic E-state index is 2.29. The van der Waals surface area contributed by atoms with E-state index in [-0.39, 0.29) is 0 Å². The maximum Gasteiger partial charge on any atom is 0.0355 e. The molecule has 7 rings (SSSR count). The fourth-order valence-electron chi connectivity index (χ4n) is 4.49. The molecule has 0 nitrogen and oxygen atoms in total. The van der Waals surface area contributed by atoms with Gasteiger partial charge in [0.25, 0.3) is 0 Å². The maximum atomic E-state index is 2.29. The molecule has 0 amide bonds. The van der Waals surface area contributed by atoms with Crippen LogP contribution in [0.2, 0.25) is 0 Å². The van der Waals surface area contributed by atoms with E-state index in [0.717, 1.165) is 0 Å². The zero-order chi connectivity index (χ0) is 23.2. The standard InChI is InChI=1S/C32H20S3/c1-3-7-27-25(5-1)19-31(34-27)23-13-9-21(10-14-23)29-17-18-30(33-29)22-11-15-24(16-12-22)32-20-26-6-2-4-8-28(26)35-32/h1-20H. The molecule has 35 heavy (non-hydrogen) atoms. The van der Waals surface area contributed by atoms with E-state index in [1.165, 1.54) is 61.9 Å². The summed E-state index contributed by atoms with van der Waals surface area (Å²) in [4.78, 5) is 5.25. The van der Waals surface area contributed by atoms with Crippen molar-refractivity contribution in [2.45, 2.75) is 0 Å². The van der Waals surface area contributed by atoms with Gasteiger partial charge in [0.15, 0.2) is 0 Å². The third-order valence-electron chi connectivity index (χ3n) is 6.36. The topological polar surface area (TPSA) is 0 Å². The van der Waals surface area contributed by atoms with Crippen LogP contribution < -0.4 is 0 Å². The van der Waals surface area contributed by atoms with Crippen molar-refractivity contribution in [1.29, 1.82) is 0 Å². The Morgan fingerprint density at radius 2 is 0.686 bits per heavy atom. The quantitative estimate of drug-likeness (QED) is 0.225. The van der Waals surface area contributed by atoms with Crippen molar-refractivity contribution < 1.29 is 0 Å². The largest absolute Gasteiger partial charge is 0.135 e. The number of rotatable bonds is 4. The van der Waals surface area contributed by atoms with Crippen LogP contribution >= 0.6 is 34.0 Å². The van der Waals surface area contributed by atoms with Gasteiger partial charge >= 0.3 is 0 Å². The van der Waals surface area contributed by atoms with E-state index in [4.69, 9.17) is 0 Å². The average Bonchev–Trinajstić information content (AvgIpc) is 3.67. The molecule has 4 aromatic carbocycles. The van der Waals surface area contributed by atoms with E-state index < -0.39 is 0 Å². The SMILES string of the molecule is c1ccc2sc(-c3ccc(-c4ccc(-c5ccc(-c6cc7ccccc7s6)cc5)s4)cc3)cc2c1. The molecule has 0 unspecified atom stereocenters. The Labute approximate surface area is 216 Å². The van der Waals surface area contributed by atoms with Crippen LogP contribution in [-0.2, 0) is 0 Å². The predicted molar refractivity (Wildman–Crippen MR) is 157 cm³/mol. The van der Waals surface area contributed by atoms with Crippen molar-refractivity contribution in [2.75, 3.05) is 0 Å². The van der Waals surface area contributed by atoms with Crippen LogP contribution in [0.3, 0.4) is 0 Å². The highest BCUT2D eigenvalue weighted by Crippen LogP contribution is 2.39. The van der Waals surface area contributed by atoms with Gasteiger partial charge in [0.1, 0.15) is 0 Å². The molecule has 0 atom stereocenters. The van der Waals surface area contributed by atoms with E-state index in [1.807, 2.05) is 34.0 Å². The van der Waals surface area contributed by atoms with Crippen molar-refractivity contribution >= 4 is 54.2 Å². The van der Waals surface area contributed by atoms with Gasteiger partial charge in [0.05, 0.1) is 0 Å². The van der Waals surface area contributed by atoms with Gasteiger partial charge in [-0.3, -0.25) is 0 Å². The molecule has 0 spiro atoms. The van der Waals surface area contributed by atoms with Crippen LogP contribution in [0.1, 0.15) is 0 Å². The number of thiophene rings is 3. The van der Waals surface area contributed by atoms with E-state index in [9.17, 15) is 0 Å². The highest BCUT2D eigenvalue weighted by atomic mass is 32.1. The van der Waals surface area contributed by atoms with Crippen LogP contribution in [0, 0.1) is 0 Å². The summed E-state index contributed by atoms with van der Waals surface area (Å²) in [5.74, 6) is 0. The lowest BCUT2D eigenvalue weighted by Crippen LogP contribution is -1.75. The summed E-state index contributed by atoms with van der Waals surface area (Å²) in [6.07, 6.45) is 0. The molecule has 0 aliphatic heterocycles. The Bertz CT molecular complexity index is 1580. The Kier molecular flexibility index (Phi) is 5.13. The smallest absolute Gasteiger partial charge is 0.0355 e. The predicted octanol–water partition coefficient (Wildman–Crippen LogP) is 10.8. The van der Waals surface area contributed by atoms with Gasteiger partial charge in [-0.05, 0) is 69.4 Å². The van der Waals surface area contributed by atoms with Crippen LogP contribution in [0.4, 0.5) is 0 Å². The monoisotopic (exact) mass is 500 g/mol. The summed E-state index contributed by atoms with van der Waals surface area (Å²) in [6.45, 7) is 0. The summed E-state index contributed by atoms with van der Waals surface area (Å²) in [7, 11) is 0. The molecular formula is C32H20S3. The molecule has 0 saturated carbocycles. The zero-order valence-corrected chi connectivity index (χ0v) is 21.2. The lowest BCUT2D eigenvalue weighted by atomic mass is 10.1. The molecule has 0 fully saturated rings. The summed E-state index contributed by atoms with van der Waals surface area (Å²) in [6, 6.07) is 44.3. The molecular weight excluding hydrogens is 481 g/mol. The van der Waals surface area contributed by atoms with Crippen molar-refractivity contribution in [3.05, 3.63) is 121 Å². The highest BCUT2D eigenvalue weighted by molar-refractivity contribution is 7.22. The van der Waals surface area contributed by atoms with Crippen molar-refractivity contribution in [2.24, 2.45) is 0 Å². The number of hydrogen-bond acceptors (Lipinski definition) is 3. The van der Waals surface area contributed by atoms with E-state index >= 15 is 0 Å². The molecule has 3 aromatic heterocycles. The van der Waals surface area contributed by atoms with Gasteiger partial charge in [-0.25, -0.2) is 0 Å². The second-order valence-corrected chi connectivity index (χ2v) is 11.9. The molecule has 0 saturated heterocycles. The molecule has 3 heteroatoms. The molecule has 7 aromatic rings. The van der Waals surface area contributed by atoms with Gasteiger partial charge in [0.2, 0.25) is 0 Å². The minimum atomic E-state index is 1.27. The van der Waals surface area contributed by atoms with Gasteiger partial charge in [-0.15, -0.1) is 34.0 Å². The second-order valence-electron chi connectivity index (χ2n) is 8.62. The first-order valence-corrected chi connectivity index (χ1v) is 14.0. The van der Waals surface area contributed by atoms with Crippen LogP contribution in [0.15, 0.2) is 121 Å². The van der Waals surface area contributed by atoms with Crippen molar-refractivity contribution in [3.8, 4) is 41.8 Å². The highest BCUT2D eigenvalue weighted by Gasteiger charge is 2.09. The van der Waals surface area contributed by atoms with E-state index in [0.29, 0.717) is 0 Å². The normalized spacial score (nSPS) is 11.4. The Morgan fingerprint density at radius 3 is 1.09 bits per heavy atom. The second kappa shape index (κ2) is 8.62. The fourth-order valence-corrected chi connectivity index (χ4v) is 7.65. The minimum Gasteiger partial charge on any atom is -0.135 e. The molecule has 0 aliphatic carbocycles. The summed E-state index contributed by atoms with van der Waals surface area (Å²) < 4.78 is 2.68. The number of benzene rings is 4. The van der Waals surface area contributed by atoms with Crippen molar-refractivity contribution in [1.82, 2.24) is 0 Å². The van der Waals surface area contributed by atoms with Gasteiger partial charge in [-0.2, -0.15) is 0 Å². The average molecular weight is 501 g/mol. The number of hydrogen-bond donors (Lipinski definition) is 0. The summed E-state index contributed by atoms with van der Waals surface area (Å²) in [5.41, 5.74) is 5.10. The lowest BCUT2D eigenvalue weighted by molar-refractivity contribution is 1.68. The molecule has 166 valence electrons. The van der Waals surface area contributed by atoms with Gasteiger partial charge in [-0.1, -0.05) is 84.9 Å².